The second-order valence-electron chi connectivity index (χ2n) is 2.10. The first kappa shape index (κ1) is 7.38. The van der Waals surface area contributed by atoms with E-state index in [2.05, 4.69) is 17.6 Å². The Morgan fingerprint density at radius 3 is 3.00 bits per heavy atom. The van der Waals surface area contributed by atoms with Crippen molar-refractivity contribution in [1.29, 1.82) is 0 Å². The van der Waals surface area contributed by atoms with Crippen molar-refractivity contribution in [3.05, 3.63) is 0 Å². The molecule has 2 N–H and O–H groups in total. The van der Waals surface area contributed by atoms with Crippen LogP contribution in [0.1, 0.15) is 6.92 Å². The van der Waals surface area contributed by atoms with Crippen LogP contribution in [0.5, 0.6) is 0 Å². The van der Waals surface area contributed by atoms with E-state index in [9.17, 15) is 0 Å². The van der Waals surface area contributed by atoms with Crippen LogP contribution >= 0.6 is 11.8 Å². The van der Waals surface area contributed by atoms with Crippen LogP contribution in [0.2, 0.25) is 0 Å². The lowest BCUT2D eigenvalue weighted by Crippen LogP contribution is -2.46. The van der Waals surface area contributed by atoms with Crippen LogP contribution in [-0.4, -0.2) is 30.8 Å². The molecule has 1 unspecified atom stereocenters. The lowest BCUT2D eigenvalue weighted by molar-refractivity contribution is 0.507. The summed E-state index contributed by atoms with van der Waals surface area (Å²) < 4.78 is 0. The van der Waals surface area contributed by atoms with Gasteiger partial charge in [-0.3, -0.25) is 0 Å². The molecule has 0 aliphatic carbocycles. The first-order chi connectivity index (χ1) is 4.43. The van der Waals surface area contributed by atoms with Gasteiger partial charge in [-0.25, -0.2) is 0 Å². The average molecular weight is 146 g/mol. The predicted octanol–water partition coefficient (Wildman–Crippen LogP) is 0.258. The number of thioether (sulfide) groups is 1. The van der Waals surface area contributed by atoms with E-state index in [0.717, 1.165) is 19.6 Å². The van der Waals surface area contributed by atoms with Crippen molar-refractivity contribution in [2.24, 2.45) is 0 Å². The van der Waals surface area contributed by atoms with Gasteiger partial charge in [0.2, 0.25) is 0 Å². The van der Waals surface area contributed by atoms with Gasteiger partial charge in [-0.05, 0) is 5.75 Å². The van der Waals surface area contributed by atoms with Crippen LogP contribution in [0.25, 0.3) is 0 Å². The normalized spacial score (nSPS) is 28.3. The quantitative estimate of drug-likeness (QED) is 0.584. The van der Waals surface area contributed by atoms with Gasteiger partial charge in [0.25, 0.3) is 0 Å². The van der Waals surface area contributed by atoms with E-state index < -0.39 is 0 Å². The van der Waals surface area contributed by atoms with Gasteiger partial charge in [0.15, 0.2) is 0 Å². The molecule has 0 saturated carbocycles. The van der Waals surface area contributed by atoms with Crippen molar-refractivity contribution >= 4 is 11.8 Å². The molecule has 0 aromatic carbocycles. The number of piperazine rings is 1. The Labute approximate surface area is 60.8 Å². The molecule has 1 atom stereocenters. The van der Waals surface area contributed by atoms with Gasteiger partial charge in [-0.2, -0.15) is 0 Å². The summed E-state index contributed by atoms with van der Waals surface area (Å²) in [5.74, 6) is 1.21. The molecule has 9 heavy (non-hydrogen) atoms. The smallest absolute Gasteiger partial charge is 0.0658 e. The molecule has 0 amide bonds. The minimum absolute atomic E-state index is 0.656. The first-order valence-electron chi connectivity index (χ1n) is 3.49. The average Bonchev–Trinajstić information content (AvgIpc) is 1.91. The molecule has 1 rings (SSSR count). The molecule has 0 radical (unpaired) electrons. The van der Waals surface area contributed by atoms with Gasteiger partial charge >= 0.3 is 0 Å². The molecule has 3 heteroatoms. The van der Waals surface area contributed by atoms with Gasteiger partial charge in [0.1, 0.15) is 0 Å². The Morgan fingerprint density at radius 2 is 2.44 bits per heavy atom. The second-order valence-corrected chi connectivity index (χ2v) is 3.58. The number of nitrogens with one attached hydrogen (secondary N) is 2. The Kier molecular flexibility index (Phi) is 3.40. The molecule has 0 bridgehead atoms. The third-order valence-electron chi connectivity index (χ3n) is 1.37. The lowest BCUT2D eigenvalue weighted by atomic mass is 10.4. The van der Waals surface area contributed by atoms with Crippen LogP contribution in [0.4, 0.5) is 0 Å². The Hall–Kier alpha value is 0.270. The molecule has 1 heterocycles. The van der Waals surface area contributed by atoms with Gasteiger partial charge in [-0.1, -0.05) is 6.92 Å². The number of rotatable bonds is 2. The van der Waals surface area contributed by atoms with Gasteiger partial charge in [-0.15, -0.1) is 11.8 Å². The van der Waals surface area contributed by atoms with Crippen LogP contribution < -0.4 is 10.6 Å². The molecule has 1 aliphatic rings. The summed E-state index contributed by atoms with van der Waals surface area (Å²) in [4.78, 5) is 0. The second kappa shape index (κ2) is 4.14. The standard InChI is InChI=1S/C6H14N2S/c1-2-9-6-5-7-3-4-8-6/h6-8H,2-5H2,1H3. The summed E-state index contributed by atoms with van der Waals surface area (Å²) >= 11 is 1.98. The molecular weight excluding hydrogens is 132 g/mol. The third kappa shape index (κ3) is 2.56. The van der Waals surface area contributed by atoms with Gasteiger partial charge in [0, 0.05) is 19.6 Å². The SMILES string of the molecule is CCSC1CNCCN1. The maximum Gasteiger partial charge on any atom is 0.0658 e. The summed E-state index contributed by atoms with van der Waals surface area (Å²) in [7, 11) is 0. The third-order valence-corrected chi connectivity index (χ3v) is 2.44. The molecule has 54 valence electrons. The topological polar surface area (TPSA) is 24.1 Å². The van der Waals surface area contributed by atoms with E-state index in [1.54, 1.807) is 0 Å². The summed E-state index contributed by atoms with van der Waals surface area (Å²) in [6, 6.07) is 0. The molecule has 0 aromatic rings. The molecule has 0 aromatic heterocycles. The summed E-state index contributed by atoms with van der Waals surface area (Å²) in [5, 5.41) is 7.41. The van der Waals surface area contributed by atoms with E-state index in [-0.39, 0.29) is 0 Å². The fraction of sp³-hybridized carbons (Fsp3) is 1.00. The van der Waals surface area contributed by atoms with Crippen LogP contribution in [0.3, 0.4) is 0 Å². The maximum absolute atomic E-state index is 3.42. The van der Waals surface area contributed by atoms with Crippen molar-refractivity contribution < 1.29 is 0 Å². The highest BCUT2D eigenvalue weighted by Crippen LogP contribution is 2.06. The van der Waals surface area contributed by atoms with Gasteiger partial charge in [0.05, 0.1) is 5.37 Å². The zero-order valence-corrected chi connectivity index (χ0v) is 6.63. The molecule has 1 aliphatic heterocycles. The highest BCUT2D eigenvalue weighted by Gasteiger charge is 2.09. The number of hydrogen-bond acceptors (Lipinski definition) is 3. The summed E-state index contributed by atoms with van der Waals surface area (Å²) in [6.07, 6.45) is 0. The van der Waals surface area contributed by atoms with Crippen molar-refractivity contribution in [2.45, 2.75) is 12.3 Å². The van der Waals surface area contributed by atoms with Crippen molar-refractivity contribution in [2.75, 3.05) is 25.4 Å². The lowest BCUT2D eigenvalue weighted by Gasteiger charge is -2.23. The molecule has 0 spiro atoms. The van der Waals surface area contributed by atoms with E-state index in [0.29, 0.717) is 5.37 Å². The maximum atomic E-state index is 3.42. The Morgan fingerprint density at radius 1 is 1.56 bits per heavy atom. The highest BCUT2D eigenvalue weighted by atomic mass is 32.2. The van der Waals surface area contributed by atoms with Crippen molar-refractivity contribution in [1.82, 2.24) is 10.6 Å². The monoisotopic (exact) mass is 146 g/mol. The van der Waals surface area contributed by atoms with Crippen LogP contribution in [0, 0.1) is 0 Å². The summed E-state index contributed by atoms with van der Waals surface area (Å²) in [6.45, 7) is 5.57. The zero-order valence-electron chi connectivity index (χ0n) is 5.81. The predicted molar refractivity (Wildman–Crippen MR) is 42.8 cm³/mol. The molecule has 1 fully saturated rings. The summed E-state index contributed by atoms with van der Waals surface area (Å²) in [5.41, 5.74) is 0. The van der Waals surface area contributed by atoms with E-state index in [4.69, 9.17) is 0 Å². The van der Waals surface area contributed by atoms with E-state index >= 15 is 0 Å². The first-order valence-corrected chi connectivity index (χ1v) is 4.54. The molecule has 1 saturated heterocycles. The van der Waals surface area contributed by atoms with E-state index in [1.165, 1.54) is 5.75 Å². The fourth-order valence-corrected chi connectivity index (χ4v) is 1.82. The van der Waals surface area contributed by atoms with Crippen molar-refractivity contribution in [3.63, 3.8) is 0 Å². The van der Waals surface area contributed by atoms with E-state index in [1.807, 2.05) is 11.8 Å². The minimum Gasteiger partial charge on any atom is -0.313 e. The minimum atomic E-state index is 0.656. The Balaban J connectivity index is 2.08. The fourth-order valence-electron chi connectivity index (χ4n) is 0.946. The van der Waals surface area contributed by atoms with Crippen LogP contribution in [-0.2, 0) is 0 Å². The highest BCUT2D eigenvalue weighted by molar-refractivity contribution is 7.99. The number of hydrogen-bond donors (Lipinski definition) is 2. The van der Waals surface area contributed by atoms with Crippen molar-refractivity contribution in [3.8, 4) is 0 Å². The van der Waals surface area contributed by atoms with Crippen LogP contribution in [0.15, 0.2) is 0 Å². The molecule has 2 nitrogen and oxygen atoms in total. The Bertz CT molecular complexity index is 68.7. The zero-order chi connectivity index (χ0) is 6.53. The molecular formula is C6H14N2S. The van der Waals surface area contributed by atoms with Gasteiger partial charge < -0.3 is 10.6 Å². The largest absolute Gasteiger partial charge is 0.313 e.